The van der Waals surface area contributed by atoms with Gasteiger partial charge in [0.1, 0.15) is 0 Å². The highest BCUT2D eigenvalue weighted by atomic mass is 79.9. The fourth-order valence-corrected chi connectivity index (χ4v) is 3.39. The van der Waals surface area contributed by atoms with Crippen molar-refractivity contribution in [2.24, 2.45) is 11.8 Å². The number of alkyl halides is 1. The van der Waals surface area contributed by atoms with Crippen molar-refractivity contribution in [1.82, 2.24) is 0 Å². The third-order valence-electron chi connectivity index (χ3n) is 2.59. The van der Waals surface area contributed by atoms with Gasteiger partial charge in [-0.25, -0.2) is 0 Å². The Kier molecular flexibility index (Phi) is 1.94. The van der Waals surface area contributed by atoms with Crippen LogP contribution in [0.25, 0.3) is 0 Å². The van der Waals surface area contributed by atoms with Crippen LogP contribution in [0.4, 0.5) is 0 Å². The molecular formula is C8H10Br2. The molecule has 0 aromatic carbocycles. The van der Waals surface area contributed by atoms with Gasteiger partial charge in [-0.3, -0.25) is 0 Å². The van der Waals surface area contributed by atoms with Crippen LogP contribution in [0.3, 0.4) is 0 Å². The van der Waals surface area contributed by atoms with Gasteiger partial charge in [0.25, 0.3) is 0 Å². The molecule has 2 aliphatic carbocycles. The van der Waals surface area contributed by atoms with Crippen LogP contribution in [-0.4, -0.2) is 4.83 Å². The molecule has 0 heterocycles. The molecule has 0 saturated heterocycles. The summed E-state index contributed by atoms with van der Waals surface area (Å²) in [4.78, 5) is 0.617. The van der Waals surface area contributed by atoms with Crippen LogP contribution in [0.5, 0.6) is 0 Å². The lowest BCUT2D eigenvalue weighted by Gasteiger charge is -2.21. The van der Waals surface area contributed by atoms with Crippen LogP contribution >= 0.6 is 31.9 Å². The van der Waals surface area contributed by atoms with Gasteiger partial charge < -0.3 is 0 Å². The van der Waals surface area contributed by atoms with E-state index in [4.69, 9.17) is 0 Å². The van der Waals surface area contributed by atoms with Gasteiger partial charge in [-0.15, -0.1) is 0 Å². The van der Waals surface area contributed by atoms with Crippen molar-refractivity contribution in [1.29, 1.82) is 0 Å². The van der Waals surface area contributed by atoms with E-state index >= 15 is 0 Å². The molecule has 0 N–H and O–H groups in total. The summed E-state index contributed by atoms with van der Waals surface area (Å²) in [5, 5.41) is 0. The van der Waals surface area contributed by atoms with E-state index in [0.29, 0.717) is 4.83 Å². The minimum Gasteiger partial charge on any atom is -0.0830 e. The van der Waals surface area contributed by atoms with Crippen molar-refractivity contribution in [2.75, 3.05) is 0 Å². The van der Waals surface area contributed by atoms with Crippen LogP contribution in [0, 0.1) is 11.8 Å². The monoisotopic (exact) mass is 264 g/mol. The first-order chi connectivity index (χ1) is 4.77. The van der Waals surface area contributed by atoms with Gasteiger partial charge in [-0.2, -0.15) is 0 Å². The van der Waals surface area contributed by atoms with Crippen molar-refractivity contribution < 1.29 is 0 Å². The minimum absolute atomic E-state index is 0.617. The lowest BCUT2D eigenvalue weighted by Crippen LogP contribution is -2.15. The van der Waals surface area contributed by atoms with E-state index in [9.17, 15) is 0 Å². The Morgan fingerprint density at radius 2 is 2.20 bits per heavy atom. The molecule has 0 aromatic rings. The lowest BCUT2D eigenvalue weighted by atomic mass is 9.96. The van der Waals surface area contributed by atoms with Crippen LogP contribution in [-0.2, 0) is 0 Å². The maximum atomic E-state index is 3.69. The Bertz CT molecular complexity index is 174. The zero-order valence-corrected chi connectivity index (χ0v) is 8.86. The van der Waals surface area contributed by atoms with E-state index in [1.54, 1.807) is 0 Å². The zero-order chi connectivity index (χ0) is 7.14. The van der Waals surface area contributed by atoms with Crippen LogP contribution < -0.4 is 0 Å². The minimum atomic E-state index is 0.617. The van der Waals surface area contributed by atoms with Crippen LogP contribution in [0.1, 0.15) is 19.3 Å². The second kappa shape index (κ2) is 2.63. The maximum absolute atomic E-state index is 3.69. The fraction of sp³-hybridized carbons (Fsp3) is 0.750. The summed E-state index contributed by atoms with van der Waals surface area (Å²) in [5.41, 5.74) is 0. The number of fused-ring (bicyclic) bond motifs is 2. The van der Waals surface area contributed by atoms with Gasteiger partial charge >= 0.3 is 0 Å². The Balaban J connectivity index is 2.25. The first-order valence-corrected chi connectivity index (χ1v) is 5.49. The summed E-state index contributed by atoms with van der Waals surface area (Å²) in [6.45, 7) is 0. The molecule has 0 spiro atoms. The number of hydrogen-bond donors (Lipinski definition) is 0. The van der Waals surface area contributed by atoms with Crippen molar-refractivity contribution in [3.63, 3.8) is 0 Å². The third kappa shape index (κ3) is 1.10. The predicted molar refractivity (Wildman–Crippen MR) is 50.6 cm³/mol. The Hall–Kier alpha value is 0.700. The summed E-state index contributed by atoms with van der Waals surface area (Å²) >= 11 is 7.28. The predicted octanol–water partition coefficient (Wildman–Crippen LogP) is 3.46. The summed E-state index contributed by atoms with van der Waals surface area (Å²) in [7, 11) is 0. The number of halogens is 2. The number of allylic oxidation sites excluding steroid dienone is 2. The molecule has 2 bridgehead atoms. The molecule has 10 heavy (non-hydrogen) atoms. The number of hydrogen-bond acceptors (Lipinski definition) is 0. The van der Waals surface area contributed by atoms with Crippen LogP contribution in [0.15, 0.2) is 10.6 Å². The van der Waals surface area contributed by atoms with E-state index in [1.807, 2.05) is 0 Å². The van der Waals surface area contributed by atoms with E-state index < -0.39 is 0 Å². The van der Waals surface area contributed by atoms with Crippen molar-refractivity contribution in [3.05, 3.63) is 10.6 Å². The topological polar surface area (TPSA) is 0 Å². The highest BCUT2D eigenvalue weighted by Gasteiger charge is 2.34. The average Bonchev–Trinajstić information content (AvgIpc) is 2.29. The molecule has 2 aliphatic rings. The molecule has 3 atom stereocenters. The number of rotatable bonds is 0. The third-order valence-corrected chi connectivity index (χ3v) is 5.20. The highest BCUT2D eigenvalue weighted by Crippen LogP contribution is 2.45. The van der Waals surface area contributed by atoms with Gasteiger partial charge in [-0.1, -0.05) is 37.9 Å². The molecule has 1 saturated carbocycles. The molecule has 1 fully saturated rings. The highest BCUT2D eigenvalue weighted by molar-refractivity contribution is 9.14. The first-order valence-electron chi connectivity index (χ1n) is 3.78. The molecule has 0 unspecified atom stereocenters. The fourth-order valence-electron chi connectivity index (χ4n) is 2.01. The molecule has 0 radical (unpaired) electrons. The molecule has 56 valence electrons. The largest absolute Gasteiger partial charge is 0.0830 e. The summed E-state index contributed by atoms with van der Waals surface area (Å²) in [6, 6.07) is 0. The van der Waals surface area contributed by atoms with Gasteiger partial charge in [-0.05, 0) is 31.1 Å². The van der Waals surface area contributed by atoms with E-state index in [1.165, 1.54) is 23.7 Å². The maximum Gasteiger partial charge on any atom is 0.0486 e. The molecule has 2 rings (SSSR count). The molecule has 0 nitrogen and oxygen atoms in total. The SMILES string of the molecule is BrC1=C[C@H]2CC[C@H](C2)[C@@H]1Br. The van der Waals surface area contributed by atoms with E-state index in [-0.39, 0.29) is 0 Å². The van der Waals surface area contributed by atoms with Crippen molar-refractivity contribution in [3.8, 4) is 0 Å². The van der Waals surface area contributed by atoms with E-state index in [2.05, 4.69) is 37.9 Å². The molecule has 0 amide bonds. The van der Waals surface area contributed by atoms with Gasteiger partial charge in [0, 0.05) is 9.31 Å². The van der Waals surface area contributed by atoms with E-state index in [0.717, 1.165) is 11.8 Å². The Morgan fingerprint density at radius 1 is 1.40 bits per heavy atom. The second-order valence-corrected chi connectivity index (χ2v) is 5.19. The zero-order valence-electron chi connectivity index (χ0n) is 5.69. The molecule has 0 aliphatic heterocycles. The summed E-state index contributed by atoms with van der Waals surface area (Å²) in [6.07, 6.45) is 6.60. The summed E-state index contributed by atoms with van der Waals surface area (Å²) in [5.74, 6) is 1.79. The first kappa shape index (κ1) is 7.35. The smallest absolute Gasteiger partial charge is 0.0486 e. The van der Waals surface area contributed by atoms with Crippen LogP contribution in [0.2, 0.25) is 0 Å². The van der Waals surface area contributed by atoms with Crippen molar-refractivity contribution in [2.45, 2.75) is 24.1 Å². The standard InChI is InChI=1S/C8H10Br2/c9-7-4-5-1-2-6(3-5)8(7)10/h4-6,8H,1-3H2/t5-,6+,8-/m0/s1. The van der Waals surface area contributed by atoms with Crippen molar-refractivity contribution >= 4 is 31.9 Å². The Labute approximate surface area is 78.3 Å². The molecule has 2 heteroatoms. The average molecular weight is 266 g/mol. The molecule has 0 aromatic heterocycles. The van der Waals surface area contributed by atoms with Gasteiger partial charge in [0.05, 0.1) is 0 Å². The summed E-state index contributed by atoms with van der Waals surface area (Å²) < 4.78 is 1.38. The lowest BCUT2D eigenvalue weighted by molar-refractivity contribution is 0.532. The van der Waals surface area contributed by atoms with Gasteiger partial charge in [0.15, 0.2) is 0 Å². The normalized spacial score (nSPS) is 45.4. The Morgan fingerprint density at radius 3 is 3.00 bits per heavy atom. The second-order valence-electron chi connectivity index (χ2n) is 3.29. The van der Waals surface area contributed by atoms with Gasteiger partial charge in [0.2, 0.25) is 0 Å². The quantitative estimate of drug-likeness (QED) is 0.589. The molecular weight excluding hydrogens is 256 g/mol.